The minimum Gasteiger partial charge on any atom is -0.370 e. The number of hydrogen-bond donors (Lipinski definition) is 1. The molecule has 1 aromatic rings. The largest absolute Gasteiger partial charge is 0.370 e. The van der Waals surface area contributed by atoms with E-state index in [1.807, 2.05) is 6.07 Å². The molecule has 1 unspecified atom stereocenters. The number of rotatable bonds is 5. The summed E-state index contributed by atoms with van der Waals surface area (Å²) in [5.41, 5.74) is 0. The number of nitrogens with one attached hydrogen (secondary N) is 1. The minimum absolute atomic E-state index is 0.766. The molecular weight excluding hydrogens is 212 g/mol. The molecule has 17 heavy (non-hydrogen) atoms. The van der Waals surface area contributed by atoms with Crippen LogP contribution in [-0.2, 0) is 0 Å². The van der Waals surface area contributed by atoms with Gasteiger partial charge < -0.3 is 10.2 Å². The first kappa shape index (κ1) is 12.3. The highest BCUT2D eigenvalue weighted by atomic mass is 15.2. The molecule has 1 aliphatic rings. The number of anilines is 1. The third-order valence-corrected chi connectivity index (χ3v) is 3.45. The fourth-order valence-corrected chi connectivity index (χ4v) is 2.38. The molecule has 0 spiro atoms. The van der Waals surface area contributed by atoms with Crippen LogP contribution in [0.3, 0.4) is 0 Å². The van der Waals surface area contributed by atoms with E-state index in [0.29, 0.717) is 0 Å². The van der Waals surface area contributed by atoms with Gasteiger partial charge >= 0.3 is 0 Å². The van der Waals surface area contributed by atoms with Crippen LogP contribution in [0, 0.1) is 0 Å². The average molecular weight is 234 g/mol. The first-order valence-electron chi connectivity index (χ1n) is 6.60. The van der Waals surface area contributed by atoms with Gasteiger partial charge in [0.25, 0.3) is 0 Å². The highest BCUT2D eigenvalue weighted by Crippen LogP contribution is 2.16. The number of nitrogens with zero attached hydrogens (tertiary/aromatic N) is 3. The predicted octanol–water partition coefficient (Wildman–Crippen LogP) is 2.15. The maximum absolute atomic E-state index is 4.14. The monoisotopic (exact) mass is 234 g/mol. The lowest BCUT2D eigenvalue weighted by Crippen LogP contribution is -2.38. The summed E-state index contributed by atoms with van der Waals surface area (Å²) in [5, 5.41) is 3.32. The molecule has 1 atom stereocenters. The third-order valence-electron chi connectivity index (χ3n) is 3.45. The lowest BCUT2D eigenvalue weighted by Gasteiger charge is -2.33. The van der Waals surface area contributed by atoms with E-state index >= 15 is 0 Å². The zero-order chi connectivity index (χ0) is 11.9. The maximum Gasteiger partial charge on any atom is 0.129 e. The van der Waals surface area contributed by atoms with Crippen molar-refractivity contribution >= 4 is 5.82 Å². The molecule has 4 heteroatoms. The first-order chi connectivity index (χ1) is 8.36. The number of piperidine rings is 1. The van der Waals surface area contributed by atoms with Gasteiger partial charge in [-0.1, -0.05) is 6.42 Å². The molecule has 0 aromatic carbocycles. The summed E-state index contributed by atoms with van der Waals surface area (Å²) in [5.74, 6) is 0.923. The van der Waals surface area contributed by atoms with Crippen molar-refractivity contribution in [3.8, 4) is 0 Å². The highest BCUT2D eigenvalue weighted by Gasteiger charge is 2.16. The van der Waals surface area contributed by atoms with Crippen LogP contribution in [0.4, 0.5) is 5.82 Å². The van der Waals surface area contributed by atoms with Crippen molar-refractivity contribution < 1.29 is 0 Å². The smallest absolute Gasteiger partial charge is 0.129 e. The second kappa shape index (κ2) is 6.55. The highest BCUT2D eigenvalue weighted by molar-refractivity contribution is 5.31. The Kier molecular flexibility index (Phi) is 4.74. The van der Waals surface area contributed by atoms with E-state index < -0.39 is 0 Å². The van der Waals surface area contributed by atoms with Gasteiger partial charge in [-0.05, 0) is 38.8 Å². The van der Waals surface area contributed by atoms with Gasteiger partial charge in [-0.2, -0.15) is 0 Å². The van der Waals surface area contributed by atoms with Crippen molar-refractivity contribution in [3.63, 3.8) is 0 Å². The van der Waals surface area contributed by atoms with Gasteiger partial charge in [0.2, 0.25) is 0 Å². The molecule has 0 radical (unpaired) electrons. The van der Waals surface area contributed by atoms with Crippen molar-refractivity contribution in [1.29, 1.82) is 0 Å². The molecule has 94 valence electrons. The van der Waals surface area contributed by atoms with Gasteiger partial charge in [0.05, 0.1) is 0 Å². The summed E-state index contributed by atoms with van der Waals surface area (Å²) in [7, 11) is 0. The fourth-order valence-electron chi connectivity index (χ4n) is 2.38. The van der Waals surface area contributed by atoms with Crippen LogP contribution in [0.25, 0.3) is 0 Å². The van der Waals surface area contributed by atoms with Crippen LogP contribution in [0.15, 0.2) is 18.6 Å². The molecule has 1 fully saturated rings. The van der Waals surface area contributed by atoms with Crippen molar-refractivity contribution in [2.75, 3.05) is 25.0 Å². The van der Waals surface area contributed by atoms with Crippen LogP contribution in [0.2, 0.25) is 0 Å². The lowest BCUT2D eigenvalue weighted by molar-refractivity contribution is 0.160. The van der Waals surface area contributed by atoms with Crippen LogP contribution in [-0.4, -0.2) is 40.5 Å². The molecule has 2 heterocycles. The van der Waals surface area contributed by atoms with Gasteiger partial charge in [-0.25, -0.2) is 9.97 Å². The van der Waals surface area contributed by atoms with Crippen molar-refractivity contribution in [3.05, 3.63) is 18.6 Å². The molecule has 0 aliphatic carbocycles. The Morgan fingerprint density at radius 3 is 3.18 bits per heavy atom. The summed E-state index contributed by atoms with van der Waals surface area (Å²) >= 11 is 0. The van der Waals surface area contributed by atoms with Gasteiger partial charge in [-0.3, -0.25) is 0 Å². The van der Waals surface area contributed by atoms with Gasteiger partial charge in [0.15, 0.2) is 0 Å². The van der Waals surface area contributed by atoms with E-state index in [2.05, 4.69) is 27.1 Å². The summed E-state index contributed by atoms with van der Waals surface area (Å²) in [6, 6.07) is 2.67. The van der Waals surface area contributed by atoms with E-state index in [9.17, 15) is 0 Å². The molecule has 1 aliphatic heterocycles. The SMILES string of the molecule is CC1CCCCN1CCCNc1ccncn1. The maximum atomic E-state index is 4.14. The van der Waals surface area contributed by atoms with Crippen LogP contribution in [0.1, 0.15) is 32.6 Å². The molecule has 1 N–H and O–H groups in total. The van der Waals surface area contributed by atoms with Crippen LogP contribution < -0.4 is 5.32 Å². The first-order valence-corrected chi connectivity index (χ1v) is 6.60. The van der Waals surface area contributed by atoms with E-state index in [0.717, 1.165) is 18.4 Å². The Balaban J connectivity index is 1.63. The van der Waals surface area contributed by atoms with E-state index in [4.69, 9.17) is 0 Å². The Morgan fingerprint density at radius 2 is 2.41 bits per heavy atom. The third kappa shape index (κ3) is 3.97. The molecule has 1 saturated heterocycles. The molecular formula is C13H22N4. The van der Waals surface area contributed by atoms with Gasteiger partial charge in [0.1, 0.15) is 12.1 Å². The normalized spacial score (nSPS) is 21.4. The zero-order valence-corrected chi connectivity index (χ0v) is 10.6. The second-order valence-corrected chi connectivity index (χ2v) is 4.76. The Labute approximate surface area is 103 Å². The Morgan fingerprint density at radius 1 is 1.47 bits per heavy atom. The summed E-state index contributed by atoms with van der Waals surface area (Å²) in [4.78, 5) is 10.6. The predicted molar refractivity (Wildman–Crippen MR) is 70.0 cm³/mol. The van der Waals surface area contributed by atoms with Crippen LogP contribution >= 0.6 is 0 Å². The van der Waals surface area contributed by atoms with Crippen molar-refractivity contribution in [2.24, 2.45) is 0 Å². The molecule has 0 bridgehead atoms. The summed E-state index contributed by atoms with van der Waals surface area (Å²) in [6.07, 6.45) is 8.64. The van der Waals surface area contributed by atoms with E-state index in [-0.39, 0.29) is 0 Å². The minimum atomic E-state index is 0.766. The van der Waals surface area contributed by atoms with E-state index in [1.54, 1.807) is 12.5 Å². The van der Waals surface area contributed by atoms with Gasteiger partial charge in [-0.15, -0.1) is 0 Å². The standard InChI is InChI=1S/C13H22N4/c1-12-5-2-3-9-17(12)10-4-7-15-13-6-8-14-11-16-13/h6,8,11-12H,2-5,7,9-10H2,1H3,(H,14,15,16). The number of aromatic nitrogens is 2. The van der Waals surface area contributed by atoms with E-state index in [1.165, 1.54) is 38.8 Å². The second-order valence-electron chi connectivity index (χ2n) is 4.76. The van der Waals surface area contributed by atoms with Crippen molar-refractivity contribution in [1.82, 2.24) is 14.9 Å². The molecule has 4 nitrogen and oxygen atoms in total. The van der Waals surface area contributed by atoms with Gasteiger partial charge in [0, 0.05) is 25.3 Å². The molecule has 0 amide bonds. The fraction of sp³-hybridized carbons (Fsp3) is 0.692. The summed E-state index contributed by atoms with van der Waals surface area (Å²) < 4.78 is 0. The van der Waals surface area contributed by atoms with Crippen molar-refractivity contribution in [2.45, 2.75) is 38.6 Å². The molecule has 0 saturated carbocycles. The van der Waals surface area contributed by atoms with Crippen LogP contribution in [0.5, 0.6) is 0 Å². The number of hydrogen-bond acceptors (Lipinski definition) is 4. The zero-order valence-electron chi connectivity index (χ0n) is 10.6. The molecule has 1 aromatic heterocycles. The Bertz CT molecular complexity index is 314. The number of likely N-dealkylation sites (tertiary alicyclic amines) is 1. The summed E-state index contributed by atoms with van der Waals surface area (Å²) in [6.45, 7) is 5.80. The molecule has 2 rings (SSSR count). The lowest BCUT2D eigenvalue weighted by atomic mass is 10.0. The average Bonchev–Trinajstić information content (AvgIpc) is 2.38. The quantitative estimate of drug-likeness (QED) is 0.793. The Hall–Kier alpha value is -1.16. The topological polar surface area (TPSA) is 41.0 Å².